The molecule has 40 heavy (non-hydrogen) atoms. The van der Waals surface area contributed by atoms with E-state index in [1.54, 1.807) is 12.1 Å². The molecule has 8 nitrogen and oxygen atoms in total. The number of Topliss-reactive ketones (excluding diaryl/α,β-unsaturated/α-hetero) is 1. The zero-order chi connectivity index (χ0) is 29.4. The molecular formula is C30H34BrN3O5S. The van der Waals surface area contributed by atoms with Crippen molar-refractivity contribution in [3.63, 3.8) is 0 Å². The van der Waals surface area contributed by atoms with E-state index >= 15 is 0 Å². The highest BCUT2D eigenvalue weighted by molar-refractivity contribution is 9.10. The number of hydrogen-bond acceptors (Lipinski definition) is 5. The van der Waals surface area contributed by atoms with Crippen molar-refractivity contribution in [3.05, 3.63) is 100 Å². The smallest absolute Gasteiger partial charge is 0.244 e. The van der Waals surface area contributed by atoms with E-state index in [-0.39, 0.29) is 36.4 Å². The Morgan fingerprint density at radius 2 is 1.55 bits per heavy atom. The molecule has 3 aromatic carbocycles. The number of carbonyl (C=O) groups excluding carboxylic acids is 3. The molecule has 0 heterocycles. The van der Waals surface area contributed by atoms with Crippen molar-refractivity contribution in [2.24, 2.45) is 0 Å². The van der Waals surface area contributed by atoms with Crippen LogP contribution in [0.15, 0.2) is 83.3 Å². The lowest BCUT2D eigenvalue weighted by molar-refractivity contribution is -0.140. The summed E-state index contributed by atoms with van der Waals surface area (Å²) < 4.78 is 27.6. The molecule has 0 aromatic heterocycles. The maximum atomic E-state index is 14.0. The number of benzene rings is 3. The second kappa shape index (κ2) is 13.7. The van der Waals surface area contributed by atoms with Gasteiger partial charge in [0.15, 0.2) is 5.78 Å². The van der Waals surface area contributed by atoms with Gasteiger partial charge < -0.3 is 10.2 Å². The van der Waals surface area contributed by atoms with E-state index in [2.05, 4.69) is 21.2 Å². The molecule has 1 N–H and O–H groups in total. The van der Waals surface area contributed by atoms with Crippen LogP contribution < -0.4 is 9.62 Å². The molecule has 0 aliphatic carbocycles. The van der Waals surface area contributed by atoms with Gasteiger partial charge in [-0.3, -0.25) is 18.7 Å². The Morgan fingerprint density at radius 3 is 2.12 bits per heavy atom. The average molecular weight is 629 g/mol. The minimum atomic E-state index is -3.92. The normalized spacial score (nSPS) is 12.1. The van der Waals surface area contributed by atoms with E-state index < -0.39 is 28.5 Å². The number of hydrogen-bond donors (Lipinski definition) is 1. The van der Waals surface area contributed by atoms with Crippen LogP contribution in [0.25, 0.3) is 0 Å². The van der Waals surface area contributed by atoms with E-state index in [1.165, 1.54) is 24.0 Å². The van der Waals surface area contributed by atoms with E-state index in [0.29, 0.717) is 5.56 Å². The summed E-state index contributed by atoms with van der Waals surface area (Å²) >= 11 is 3.42. The van der Waals surface area contributed by atoms with Crippen LogP contribution in [0.4, 0.5) is 5.69 Å². The standard InChI is InChI=1S/C30H34BrN3O5S/c1-21(2)32-30(37)28(17-23-9-6-5-7-10-23)33(19-24-13-15-26(31)16-14-24)29(36)20-34(40(4,38)39)27-12-8-11-25(18-27)22(3)35/h5-16,18,21,28H,17,19-20H2,1-4H3,(H,32,37). The first-order valence-electron chi connectivity index (χ1n) is 12.8. The summed E-state index contributed by atoms with van der Waals surface area (Å²) in [6, 6.07) is 21.8. The van der Waals surface area contributed by atoms with E-state index in [4.69, 9.17) is 0 Å². The molecule has 0 radical (unpaired) electrons. The predicted octanol–water partition coefficient (Wildman–Crippen LogP) is 4.58. The highest BCUT2D eigenvalue weighted by Gasteiger charge is 2.33. The molecule has 1 unspecified atom stereocenters. The highest BCUT2D eigenvalue weighted by Crippen LogP contribution is 2.22. The van der Waals surface area contributed by atoms with Crippen molar-refractivity contribution in [3.8, 4) is 0 Å². The zero-order valence-corrected chi connectivity index (χ0v) is 25.4. The second-order valence-corrected chi connectivity index (χ2v) is 12.7. The third-order valence-corrected chi connectivity index (χ3v) is 7.86. The molecule has 0 saturated heterocycles. The Morgan fingerprint density at radius 1 is 0.900 bits per heavy atom. The molecule has 212 valence electrons. The van der Waals surface area contributed by atoms with Gasteiger partial charge in [-0.1, -0.05) is 70.5 Å². The Hall–Kier alpha value is -3.50. The lowest BCUT2D eigenvalue weighted by atomic mass is 10.0. The second-order valence-electron chi connectivity index (χ2n) is 9.89. The summed E-state index contributed by atoms with van der Waals surface area (Å²) in [5.74, 6) is -1.12. The summed E-state index contributed by atoms with van der Waals surface area (Å²) in [7, 11) is -3.92. The molecule has 2 amide bonds. The van der Waals surface area contributed by atoms with Crippen LogP contribution in [-0.2, 0) is 32.6 Å². The molecule has 10 heteroatoms. The summed E-state index contributed by atoms with van der Waals surface area (Å²) in [5.41, 5.74) is 2.15. The lowest BCUT2D eigenvalue weighted by Gasteiger charge is -2.34. The van der Waals surface area contributed by atoms with Gasteiger partial charge in [0.1, 0.15) is 12.6 Å². The number of nitrogens with one attached hydrogen (secondary N) is 1. The first-order chi connectivity index (χ1) is 18.8. The lowest BCUT2D eigenvalue weighted by Crippen LogP contribution is -2.54. The number of halogens is 1. The fourth-order valence-corrected chi connectivity index (χ4v) is 5.32. The van der Waals surface area contributed by atoms with Crippen molar-refractivity contribution in [2.75, 3.05) is 17.1 Å². The number of ketones is 1. The quantitative estimate of drug-likeness (QED) is 0.296. The fraction of sp³-hybridized carbons (Fsp3) is 0.300. The van der Waals surface area contributed by atoms with Crippen molar-refractivity contribution < 1.29 is 22.8 Å². The van der Waals surface area contributed by atoms with Gasteiger partial charge in [-0.25, -0.2) is 8.42 Å². The van der Waals surface area contributed by atoms with Crippen LogP contribution in [-0.4, -0.2) is 55.8 Å². The Balaban J connectivity index is 2.07. The van der Waals surface area contributed by atoms with Gasteiger partial charge in [0.25, 0.3) is 0 Å². The number of amides is 2. The summed E-state index contributed by atoms with van der Waals surface area (Å²) in [5, 5.41) is 2.92. The molecule has 0 fully saturated rings. The molecular weight excluding hydrogens is 594 g/mol. The minimum Gasteiger partial charge on any atom is -0.352 e. The van der Waals surface area contributed by atoms with Crippen molar-refractivity contribution in [1.29, 1.82) is 0 Å². The topological polar surface area (TPSA) is 104 Å². The highest BCUT2D eigenvalue weighted by atomic mass is 79.9. The summed E-state index contributed by atoms with van der Waals surface area (Å²) in [6.45, 7) is 4.60. The predicted molar refractivity (Wildman–Crippen MR) is 161 cm³/mol. The van der Waals surface area contributed by atoms with Gasteiger partial charge in [-0.05, 0) is 56.2 Å². The van der Waals surface area contributed by atoms with Crippen molar-refractivity contribution >= 4 is 49.2 Å². The van der Waals surface area contributed by atoms with Crippen LogP contribution in [0.2, 0.25) is 0 Å². The van der Waals surface area contributed by atoms with Gasteiger partial charge in [-0.15, -0.1) is 0 Å². The van der Waals surface area contributed by atoms with Gasteiger partial charge in [0, 0.05) is 29.0 Å². The minimum absolute atomic E-state index is 0.0835. The molecule has 3 rings (SSSR count). The number of rotatable bonds is 12. The third kappa shape index (κ3) is 8.76. The molecule has 0 spiro atoms. The van der Waals surface area contributed by atoms with Gasteiger partial charge in [0.05, 0.1) is 11.9 Å². The van der Waals surface area contributed by atoms with Gasteiger partial charge >= 0.3 is 0 Å². The van der Waals surface area contributed by atoms with Crippen LogP contribution in [0, 0.1) is 0 Å². The molecule has 0 bridgehead atoms. The third-order valence-electron chi connectivity index (χ3n) is 6.19. The monoisotopic (exact) mass is 627 g/mol. The maximum Gasteiger partial charge on any atom is 0.244 e. The van der Waals surface area contributed by atoms with Crippen LogP contribution in [0.3, 0.4) is 0 Å². The fourth-order valence-electron chi connectivity index (χ4n) is 4.21. The summed E-state index contributed by atoms with van der Waals surface area (Å²) in [6.07, 6.45) is 1.24. The number of sulfonamides is 1. The van der Waals surface area contributed by atoms with Crippen LogP contribution in [0.5, 0.6) is 0 Å². The SMILES string of the molecule is CC(=O)c1cccc(N(CC(=O)N(Cc2ccc(Br)cc2)C(Cc2ccccc2)C(=O)NC(C)C)S(C)(=O)=O)c1. The Labute approximate surface area is 244 Å². The van der Waals surface area contributed by atoms with Crippen molar-refractivity contribution in [1.82, 2.24) is 10.2 Å². The van der Waals surface area contributed by atoms with Crippen LogP contribution >= 0.6 is 15.9 Å². The van der Waals surface area contributed by atoms with Crippen LogP contribution in [0.1, 0.15) is 42.3 Å². The van der Waals surface area contributed by atoms with E-state index in [1.807, 2.05) is 68.4 Å². The molecule has 0 aliphatic rings. The largest absolute Gasteiger partial charge is 0.352 e. The van der Waals surface area contributed by atoms with Gasteiger partial charge in [0.2, 0.25) is 21.8 Å². The number of anilines is 1. The summed E-state index contributed by atoms with van der Waals surface area (Å²) in [4.78, 5) is 41.0. The Bertz CT molecular complexity index is 1440. The van der Waals surface area contributed by atoms with Crippen molar-refractivity contribution in [2.45, 2.75) is 45.8 Å². The maximum absolute atomic E-state index is 14.0. The number of carbonyl (C=O) groups is 3. The van der Waals surface area contributed by atoms with Gasteiger partial charge in [-0.2, -0.15) is 0 Å². The Kier molecular flexibility index (Phi) is 10.6. The first-order valence-corrected chi connectivity index (χ1v) is 15.5. The molecule has 0 aliphatic heterocycles. The average Bonchev–Trinajstić information content (AvgIpc) is 2.89. The number of nitrogens with zero attached hydrogens (tertiary/aromatic N) is 2. The molecule has 3 aromatic rings. The molecule has 1 atom stereocenters. The van der Waals surface area contributed by atoms with E-state index in [0.717, 1.165) is 26.2 Å². The van der Waals surface area contributed by atoms with E-state index in [9.17, 15) is 22.8 Å². The zero-order valence-electron chi connectivity index (χ0n) is 23.0. The first kappa shape index (κ1) is 31.0. The molecule has 0 saturated carbocycles.